The average Bonchev–Trinajstić information content (AvgIpc) is 3.24. The van der Waals surface area contributed by atoms with Crippen LogP contribution in [-0.4, -0.2) is 29.8 Å². The van der Waals surface area contributed by atoms with Crippen molar-refractivity contribution in [3.63, 3.8) is 0 Å². The molecule has 1 fully saturated rings. The summed E-state index contributed by atoms with van der Waals surface area (Å²) in [7, 11) is 0. The molecule has 0 radical (unpaired) electrons. The number of amides is 2. The molecule has 3 aromatic rings. The van der Waals surface area contributed by atoms with E-state index in [9.17, 15) is 14.0 Å². The molecule has 6 heteroatoms. The van der Waals surface area contributed by atoms with Gasteiger partial charge < -0.3 is 10.2 Å². The summed E-state index contributed by atoms with van der Waals surface area (Å²) in [6.07, 6.45) is 0. The zero-order chi connectivity index (χ0) is 21.8. The normalized spacial score (nSPS) is 18.1. The molecule has 0 spiro atoms. The first-order chi connectivity index (χ1) is 15.0. The van der Waals surface area contributed by atoms with Gasteiger partial charge in [-0.2, -0.15) is 0 Å². The van der Waals surface area contributed by atoms with Gasteiger partial charge >= 0.3 is 0 Å². The highest BCUT2D eigenvalue weighted by molar-refractivity contribution is 6.30. The van der Waals surface area contributed by atoms with Gasteiger partial charge in [0.15, 0.2) is 0 Å². The van der Waals surface area contributed by atoms with E-state index in [2.05, 4.69) is 5.32 Å². The second-order valence-corrected chi connectivity index (χ2v) is 8.12. The number of nitrogens with zero attached hydrogens (tertiary/aromatic N) is 1. The van der Waals surface area contributed by atoms with Gasteiger partial charge in [0.2, 0.25) is 5.91 Å². The summed E-state index contributed by atoms with van der Waals surface area (Å²) in [6.45, 7) is 1.07. The number of hydrogen-bond donors (Lipinski definition) is 1. The maximum atomic E-state index is 13.1. The van der Waals surface area contributed by atoms with Crippen molar-refractivity contribution < 1.29 is 14.0 Å². The van der Waals surface area contributed by atoms with E-state index < -0.39 is 0 Å². The Bertz CT molecular complexity index is 1070. The van der Waals surface area contributed by atoms with Gasteiger partial charge in [0, 0.05) is 36.1 Å². The Balaban J connectivity index is 1.52. The Morgan fingerprint density at radius 1 is 0.968 bits per heavy atom. The first-order valence-electron chi connectivity index (χ1n) is 10.1. The molecular formula is C25H22ClFN2O2. The van der Waals surface area contributed by atoms with Gasteiger partial charge in [-0.1, -0.05) is 60.1 Å². The molecule has 0 bridgehead atoms. The molecule has 31 heavy (non-hydrogen) atoms. The van der Waals surface area contributed by atoms with Crippen LogP contribution in [-0.2, 0) is 11.3 Å². The van der Waals surface area contributed by atoms with Crippen LogP contribution in [0.4, 0.5) is 4.39 Å². The Labute approximate surface area is 185 Å². The standard InChI is InChI=1S/C25H22ClFN2O2/c26-20-8-4-7-19(13-20)25(31)29-15-22(18-5-2-1-3-6-18)23(16-29)24(30)28-14-17-9-11-21(27)12-10-17/h1-13,22-23H,14-16H2,(H,28,30)/t22-,23-/m0/s1. The van der Waals surface area contributed by atoms with Crippen LogP contribution >= 0.6 is 11.6 Å². The number of carbonyl (C=O) groups is 2. The zero-order valence-electron chi connectivity index (χ0n) is 16.8. The molecule has 0 aromatic heterocycles. The first-order valence-corrected chi connectivity index (χ1v) is 10.5. The fraction of sp³-hybridized carbons (Fsp3) is 0.200. The Morgan fingerprint density at radius 3 is 2.42 bits per heavy atom. The number of carbonyl (C=O) groups excluding carboxylic acids is 2. The van der Waals surface area contributed by atoms with Gasteiger partial charge in [-0.25, -0.2) is 4.39 Å². The molecule has 1 heterocycles. The highest BCUT2D eigenvalue weighted by Gasteiger charge is 2.40. The largest absolute Gasteiger partial charge is 0.352 e. The third-order valence-corrected chi connectivity index (χ3v) is 5.86. The van der Waals surface area contributed by atoms with E-state index in [1.54, 1.807) is 41.3 Å². The molecular weight excluding hydrogens is 415 g/mol. The highest BCUT2D eigenvalue weighted by atomic mass is 35.5. The monoisotopic (exact) mass is 436 g/mol. The summed E-state index contributed by atoms with van der Waals surface area (Å²) in [6, 6.07) is 22.6. The summed E-state index contributed by atoms with van der Waals surface area (Å²) < 4.78 is 13.1. The number of nitrogens with one attached hydrogen (secondary N) is 1. The molecule has 0 saturated carbocycles. The lowest BCUT2D eigenvalue weighted by molar-refractivity contribution is -0.125. The molecule has 4 rings (SSSR count). The molecule has 1 aliphatic rings. The van der Waals surface area contributed by atoms with E-state index in [-0.39, 0.29) is 29.5 Å². The van der Waals surface area contributed by atoms with Gasteiger partial charge in [0.1, 0.15) is 5.82 Å². The maximum absolute atomic E-state index is 13.1. The van der Waals surface area contributed by atoms with Crippen molar-refractivity contribution in [1.29, 1.82) is 0 Å². The fourth-order valence-electron chi connectivity index (χ4n) is 4.00. The third-order valence-electron chi connectivity index (χ3n) is 5.62. The van der Waals surface area contributed by atoms with Crippen LogP contribution < -0.4 is 5.32 Å². The summed E-state index contributed by atoms with van der Waals surface area (Å²) in [5, 5.41) is 3.45. The van der Waals surface area contributed by atoms with Crippen LogP contribution in [0.2, 0.25) is 5.02 Å². The van der Waals surface area contributed by atoms with Crippen LogP contribution in [0, 0.1) is 11.7 Å². The molecule has 0 aliphatic carbocycles. The number of halogens is 2. The smallest absolute Gasteiger partial charge is 0.253 e. The predicted molar refractivity (Wildman–Crippen MR) is 118 cm³/mol. The molecule has 158 valence electrons. The summed E-state index contributed by atoms with van der Waals surface area (Å²) in [5.41, 5.74) is 2.34. The van der Waals surface area contributed by atoms with Gasteiger partial charge in [0.05, 0.1) is 5.92 Å². The molecule has 1 saturated heterocycles. The van der Waals surface area contributed by atoms with Gasteiger partial charge in [-0.05, 0) is 41.5 Å². The van der Waals surface area contributed by atoms with E-state index in [1.807, 2.05) is 30.3 Å². The third kappa shape index (κ3) is 4.94. The lowest BCUT2D eigenvalue weighted by Gasteiger charge is -2.18. The Hall–Kier alpha value is -3.18. The minimum Gasteiger partial charge on any atom is -0.352 e. The van der Waals surface area contributed by atoms with E-state index in [0.717, 1.165) is 11.1 Å². The predicted octanol–water partition coefficient (Wildman–Crippen LogP) is 4.65. The molecule has 1 aliphatic heterocycles. The van der Waals surface area contributed by atoms with Crippen molar-refractivity contribution in [1.82, 2.24) is 10.2 Å². The maximum Gasteiger partial charge on any atom is 0.253 e. The van der Waals surface area contributed by atoms with Gasteiger partial charge in [-0.3, -0.25) is 9.59 Å². The second-order valence-electron chi connectivity index (χ2n) is 7.69. The minimum atomic E-state index is -0.383. The lowest BCUT2D eigenvalue weighted by atomic mass is 9.88. The van der Waals surface area contributed by atoms with Crippen molar-refractivity contribution in [2.24, 2.45) is 5.92 Å². The van der Waals surface area contributed by atoms with Crippen molar-refractivity contribution >= 4 is 23.4 Å². The number of rotatable bonds is 5. The minimum absolute atomic E-state index is 0.113. The van der Waals surface area contributed by atoms with Crippen molar-refractivity contribution in [3.8, 4) is 0 Å². The van der Waals surface area contributed by atoms with E-state index in [1.165, 1.54) is 12.1 Å². The molecule has 2 amide bonds. The van der Waals surface area contributed by atoms with Crippen molar-refractivity contribution in [2.45, 2.75) is 12.5 Å². The molecule has 3 aromatic carbocycles. The van der Waals surface area contributed by atoms with Crippen LogP contribution in [0.3, 0.4) is 0 Å². The van der Waals surface area contributed by atoms with Crippen molar-refractivity contribution in [2.75, 3.05) is 13.1 Å². The quantitative estimate of drug-likeness (QED) is 0.632. The number of hydrogen-bond acceptors (Lipinski definition) is 2. The molecule has 0 unspecified atom stereocenters. The summed E-state index contributed by atoms with van der Waals surface area (Å²) in [4.78, 5) is 27.9. The first kappa shape index (κ1) is 21.1. The molecule has 2 atom stereocenters. The number of likely N-dealkylation sites (tertiary alicyclic amines) is 1. The topological polar surface area (TPSA) is 49.4 Å². The Morgan fingerprint density at radius 2 is 1.71 bits per heavy atom. The van der Waals surface area contributed by atoms with Gasteiger partial charge in [0.25, 0.3) is 5.91 Å². The van der Waals surface area contributed by atoms with Crippen LogP contribution in [0.1, 0.15) is 27.4 Å². The van der Waals surface area contributed by atoms with Crippen LogP contribution in [0.5, 0.6) is 0 Å². The van der Waals surface area contributed by atoms with Crippen molar-refractivity contribution in [3.05, 3.63) is 106 Å². The Kier molecular flexibility index (Phi) is 6.33. The summed E-state index contributed by atoms with van der Waals surface area (Å²) >= 11 is 6.05. The fourth-order valence-corrected chi connectivity index (χ4v) is 4.19. The molecule has 4 nitrogen and oxygen atoms in total. The highest BCUT2D eigenvalue weighted by Crippen LogP contribution is 2.34. The zero-order valence-corrected chi connectivity index (χ0v) is 17.6. The molecule has 1 N–H and O–H groups in total. The summed E-state index contributed by atoms with van der Waals surface area (Å²) in [5.74, 6) is -1.08. The van der Waals surface area contributed by atoms with E-state index in [0.29, 0.717) is 30.2 Å². The van der Waals surface area contributed by atoms with Gasteiger partial charge in [-0.15, -0.1) is 0 Å². The average molecular weight is 437 g/mol. The van der Waals surface area contributed by atoms with E-state index in [4.69, 9.17) is 11.6 Å². The lowest BCUT2D eigenvalue weighted by Crippen LogP contribution is -2.35. The van der Waals surface area contributed by atoms with E-state index >= 15 is 0 Å². The van der Waals surface area contributed by atoms with Crippen LogP contribution in [0.15, 0.2) is 78.9 Å². The number of benzene rings is 3. The van der Waals surface area contributed by atoms with Crippen LogP contribution in [0.25, 0.3) is 0 Å². The second kappa shape index (κ2) is 9.31. The SMILES string of the molecule is O=C(NCc1ccc(F)cc1)[C@H]1CN(C(=O)c2cccc(Cl)c2)C[C@H]1c1ccccc1.